The molecule has 1 saturated carbocycles. The number of ether oxygens (including phenoxy) is 1. The zero-order valence-corrected chi connectivity index (χ0v) is 13.6. The Morgan fingerprint density at radius 3 is 2.27 bits per heavy atom. The van der Waals surface area contributed by atoms with Crippen LogP contribution in [-0.2, 0) is 11.3 Å². The van der Waals surface area contributed by atoms with Crippen molar-refractivity contribution in [1.29, 1.82) is 0 Å². The van der Waals surface area contributed by atoms with Crippen LogP contribution < -0.4 is 15.4 Å². The summed E-state index contributed by atoms with van der Waals surface area (Å²) in [6.45, 7) is 1.28. The first-order valence-electron chi connectivity index (χ1n) is 7.94. The van der Waals surface area contributed by atoms with Crippen molar-refractivity contribution in [2.75, 3.05) is 13.1 Å². The Balaban J connectivity index is 1.74. The van der Waals surface area contributed by atoms with E-state index in [1.54, 1.807) is 0 Å². The Morgan fingerprint density at radius 2 is 1.73 bits per heavy atom. The predicted octanol–water partition coefficient (Wildman–Crippen LogP) is 3.17. The number of alkyl halides is 6. The maximum Gasteiger partial charge on any atom is 0.439 e. The largest absolute Gasteiger partial charge is 0.439 e. The maximum absolute atomic E-state index is 13.1. The van der Waals surface area contributed by atoms with Gasteiger partial charge in [-0.2, -0.15) is 22.0 Å². The van der Waals surface area contributed by atoms with Gasteiger partial charge in [0.15, 0.2) is 0 Å². The van der Waals surface area contributed by atoms with Gasteiger partial charge < -0.3 is 15.4 Å². The fourth-order valence-electron chi connectivity index (χ4n) is 2.07. The normalized spacial score (nSPS) is 16.2. The van der Waals surface area contributed by atoms with Crippen LogP contribution in [0.2, 0.25) is 0 Å². The number of hydrogen-bond acceptors (Lipinski definition) is 3. The van der Waals surface area contributed by atoms with Crippen LogP contribution in [0.15, 0.2) is 24.3 Å². The Bertz CT molecular complexity index is 602. The summed E-state index contributed by atoms with van der Waals surface area (Å²) in [5.74, 6) is -0.427. The third-order valence-electron chi connectivity index (χ3n) is 3.64. The summed E-state index contributed by atoms with van der Waals surface area (Å²) >= 11 is 0. The molecular formula is C16H18F6N2O2. The summed E-state index contributed by atoms with van der Waals surface area (Å²) < 4.78 is 79.0. The van der Waals surface area contributed by atoms with Gasteiger partial charge in [0.1, 0.15) is 5.75 Å². The van der Waals surface area contributed by atoms with E-state index >= 15 is 0 Å². The first-order valence-corrected chi connectivity index (χ1v) is 7.94. The molecule has 10 heteroatoms. The lowest BCUT2D eigenvalue weighted by Gasteiger charge is -2.23. The second-order valence-electron chi connectivity index (χ2n) is 5.95. The van der Waals surface area contributed by atoms with Crippen molar-refractivity contribution >= 4 is 5.91 Å². The van der Waals surface area contributed by atoms with Crippen LogP contribution in [0.4, 0.5) is 26.3 Å². The number of rotatable bonds is 9. The summed E-state index contributed by atoms with van der Waals surface area (Å²) in [4.78, 5) is 11.4. The molecule has 1 atom stereocenters. The highest BCUT2D eigenvalue weighted by molar-refractivity contribution is 5.80. The van der Waals surface area contributed by atoms with Crippen molar-refractivity contribution < 1.29 is 35.9 Å². The third kappa shape index (κ3) is 6.08. The smallest absolute Gasteiger partial charge is 0.430 e. The van der Waals surface area contributed by atoms with Crippen molar-refractivity contribution in [3.8, 4) is 5.75 Å². The van der Waals surface area contributed by atoms with Gasteiger partial charge in [0, 0.05) is 25.6 Å². The number of carbonyl (C=O) groups excluding carboxylic acids is 1. The molecule has 1 aromatic rings. The highest BCUT2D eigenvalue weighted by atomic mass is 19.4. The van der Waals surface area contributed by atoms with E-state index in [0.717, 1.165) is 25.0 Å². The average Bonchev–Trinajstić information content (AvgIpc) is 3.39. The molecule has 1 aromatic carbocycles. The van der Waals surface area contributed by atoms with Crippen molar-refractivity contribution in [3.05, 3.63) is 29.8 Å². The summed E-state index contributed by atoms with van der Waals surface area (Å²) in [5, 5.41) is 5.77. The quantitative estimate of drug-likeness (QED) is 0.508. The number of nitrogens with one attached hydrogen (secondary N) is 2. The molecule has 26 heavy (non-hydrogen) atoms. The first kappa shape index (κ1) is 20.3. The summed E-state index contributed by atoms with van der Waals surface area (Å²) in [5.41, 5.74) is 0.654. The summed E-state index contributed by atoms with van der Waals surface area (Å²) in [7, 11) is 0. The van der Waals surface area contributed by atoms with Crippen molar-refractivity contribution in [2.45, 2.75) is 37.8 Å². The Labute approximate surface area is 145 Å². The molecule has 0 aromatic heterocycles. The molecule has 1 fully saturated rings. The van der Waals surface area contributed by atoms with Gasteiger partial charge in [-0.15, -0.1) is 0 Å². The molecule has 1 aliphatic rings. The van der Waals surface area contributed by atoms with Gasteiger partial charge in [-0.1, -0.05) is 12.1 Å². The lowest BCUT2D eigenvalue weighted by Crippen LogP contribution is -2.45. The van der Waals surface area contributed by atoms with Gasteiger partial charge in [0.25, 0.3) is 6.17 Å². The van der Waals surface area contributed by atoms with Crippen LogP contribution in [0.3, 0.4) is 0 Å². The second-order valence-corrected chi connectivity index (χ2v) is 5.95. The van der Waals surface area contributed by atoms with E-state index in [-0.39, 0.29) is 11.8 Å². The number of hydrogen-bond donors (Lipinski definition) is 2. The minimum absolute atomic E-state index is 0.0271. The number of carbonyl (C=O) groups is 1. The van der Waals surface area contributed by atoms with Crippen LogP contribution in [0.25, 0.3) is 0 Å². The average molecular weight is 384 g/mol. The monoisotopic (exact) mass is 384 g/mol. The van der Waals surface area contributed by atoms with E-state index in [4.69, 9.17) is 0 Å². The van der Waals surface area contributed by atoms with Gasteiger partial charge >= 0.3 is 12.3 Å². The van der Waals surface area contributed by atoms with Crippen LogP contribution >= 0.6 is 0 Å². The van der Waals surface area contributed by atoms with E-state index in [1.807, 2.05) is 0 Å². The SMILES string of the molecule is O=C(NCCNCc1ccc(OC(F)(F)C(F)C(F)(F)F)cc1)C1CC1. The molecule has 0 aliphatic heterocycles. The molecular weight excluding hydrogens is 366 g/mol. The van der Waals surface area contributed by atoms with Gasteiger partial charge in [0.05, 0.1) is 0 Å². The standard InChI is InChI=1S/C16H18F6N2O2/c17-14(15(18,19)20)16(21,22)26-12-5-1-10(2-6-12)9-23-7-8-24-13(25)11-3-4-11/h1-2,5-6,11,14,23H,3-4,7-9H2,(H,24,25). The van der Waals surface area contributed by atoms with Crippen molar-refractivity contribution in [1.82, 2.24) is 10.6 Å². The zero-order chi connectivity index (χ0) is 19.4. The molecule has 0 heterocycles. The van der Waals surface area contributed by atoms with E-state index in [9.17, 15) is 31.1 Å². The van der Waals surface area contributed by atoms with Crippen LogP contribution in [0, 0.1) is 5.92 Å². The van der Waals surface area contributed by atoms with E-state index in [0.29, 0.717) is 25.2 Å². The molecule has 0 radical (unpaired) electrons. The zero-order valence-electron chi connectivity index (χ0n) is 13.6. The fraction of sp³-hybridized carbons (Fsp3) is 0.562. The van der Waals surface area contributed by atoms with Crippen molar-refractivity contribution in [2.24, 2.45) is 5.92 Å². The van der Waals surface area contributed by atoms with Gasteiger partial charge in [-0.3, -0.25) is 4.79 Å². The van der Waals surface area contributed by atoms with E-state index in [1.165, 1.54) is 12.1 Å². The highest BCUT2D eigenvalue weighted by Crippen LogP contribution is 2.36. The van der Waals surface area contributed by atoms with Gasteiger partial charge in [-0.05, 0) is 30.5 Å². The lowest BCUT2D eigenvalue weighted by atomic mass is 10.2. The maximum atomic E-state index is 13.1. The number of amides is 1. The van der Waals surface area contributed by atoms with E-state index < -0.39 is 24.2 Å². The molecule has 146 valence electrons. The van der Waals surface area contributed by atoms with E-state index in [2.05, 4.69) is 15.4 Å². The number of benzene rings is 1. The Kier molecular flexibility index (Phi) is 6.38. The summed E-state index contributed by atoms with van der Waals surface area (Å²) in [6.07, 6.45) is -13.3. The van der Waals surface area contributed by atoms with Crippen LogP contribution in [0.1, 0.15) is 18.4 Å². The lowest BCUT2D eigenvalue weighted by molar-refractivity contribution is -0.304. The highest BCUT2D eigenvalue weighted by Gasteiger charge is 2.59. The Morgan fingerprint density at radius 1 is 1.12 bits per heavy atom. The predicted molar refractivity (Wildman–Crippen MR) is 80.4 cm³/mol. The molecule has 1 aliphatic carbocycles. The molecule has 1 amide bonds. The molecule has 0 spiro atoms. The first-order chi connectivity index (χ1) is 12.1. The summed E-state index contributed by atoms with van der Waals surface area (Å²) in [6, 6.07) is 4.79. The molecule has 0 bridgehead atoms. The third-order valence-corrected chi connectivity index (χ3v) is 3.64. The molecule has 1 unspecified atom stereocenters. The molecule has 2 N–H and O–H groups in total. The number of halogens is 6. The second kappa shape index (κ2) is 8.15. The van der Waals surface area contributed by atoms with Crippen molar-refractivity contribution in [3.63, 3.8) is 0 Å². The fourth-order valence-corrected chi connectivity index (χ4v) is 2.07. The van der Waals surface area contributed by atoms with Crippen LogP contribution in [-0.4, -0.2) is 37.5 Å². The Hall–Kier alpha value is -1.97. The molecule has 4 nitrogen and oxygen atoms in total. The van der Waals surface area contributed by atoms with Gasteiger partial charge in [-0.25, -0.2) is 4.39 Å². The molecule has 2 rings (SSSR count). The minimum Gasteiger partial charge on any atom is -0.430 e. The topological polar surface area (TPSA) is 50.4 Å². The molecule has 0 saturated heterocycles. The minimum atomic E-state index is -5.72. The van der Waals surface area contributed by atoms with Crippen LogP contribution in [0.5, 0.6) is 5.75 Å². The van der Waals surface area contributed by atoms with Gasteiger partial charge in [0.2, 0.25) is 5.91 Å².